The van der Waals surface area contributed by atoms with Crippen LogP contribution in [0.15, 0.2) is 36.8 Å². The zero-order chi connectivity index (χ0) is 22.5. The smallest absolute Gasteiger partial charge is 0.306 e. The molecule has 8 nitrogen and oxygen atoms in total. The van der Waals surface area contributed by atoms with Crippen molar-refractivity contribution < 1.29 is 14.7 Å². The average Bonchev–Trinajstić information content (AvgIpc) is 3.17. The maximum atomic E-state index is 12.9. The van der Waals surface area contributed by atoms with Gasteiger partial charge >= 0.3 is 5.97 Å². The van der Waals surface area contributed by atoms with E-state index in [1.54, 1.807) is 23.4 Å². The van der Waals surface area contributed by atoms with E-state index in [2.05, 4.69) is 15.3 Å². The molecule has 1 aromatic carbocycles. The number of fused-ring (bicyclic) bond motifs is 1. The van der Waals surface area contributed by atoms with Crippen molar-refractivity contribution in [1.29, 1.82) is 0 Å². The van der Waals surface area contributed by atoms with Crippen LogP contribution >= 0.6 is 0 Å². The number of likely N-dealkylation sites (tertiary alicyclic amines) is 1. The number of carboxylic acids is 1. The second kappa shape index (κ2) is 9.59. The Hall–Kier alpha value is -3.42. The van der Waals surface area contributed by atoms with Crippen LogP contribution in [0.5, 0.6) is 0 Å². The summed E-state index contributed by atoms with van der Waals surface area (Å²) in [6.07, 6.45) is 6.37. The van der Waals surface area contributed by atoms with Gasteiger partial charge in [-0.25, -0.2) is 9.97 Å². The number of aryl methyl sites for hydroxylation is 2. The van der Waals surface area contributed by atoms with E-state index in [1.165, 1.54) is 0 Å². The average molecular weight is 424 g/mol. The zero-order valence-corrected chi connectivity index (χ0v) is 18.4. The van der Waals surface area contributed by atoms with Crippen molar-refractivity contribution in [3.63, 3.8) is 0 Å². The second-order valence-corrected chi connectivity index (χ2v) is 7.43. The maximum absolute atomic E-state index is 12.9. The standard InChI is InChI=1S/C21H23N5O3.C2H6/c1-13-11-16(24-18-19-23-12-14(2)26(19)10-7-22-18)3-4-17(13)20(27)25-8-5-15(6-9-25)21(28)29;1-2/h3-4,7,10-12,15H,5-6,8-9H2,1-2H3,(H,22,24)(H,28,29);1-2H3. The van der Waals surface area contributed by atoms with Gasteiger partial charge < -0.3 is 15.3 Å². The number of carbonyl (C=O) groups is 2. The fraction of sp³-hybridized carbons (Fsp3) is 0.391. The summed E-state index contributed by atoms with van der Waals surface area (Å²) >= 11 is 0. The highest BCUT2D eigenvalue weighted by Gasteiger charge is 2.28. The summed E-state index contributed by atoms with van der Waals surface area (Å²) in [5.74, 6) is -0.537. The Kier molecular flexibility index (Phi) is 6.89. The summed E-state index contributed by atoms with van der Waals surface area (Å²) in [4.78, 5) is 34.5. The molecule has 0 atom stereocenters. The number of nitrogens with one attached hydrogen (secondary N) is 1. The van der Waals surface area contributed by atoms with Gasteiger partial charge in [0.15, 0.2) is 11.5 Å². The molecule has 1 aliphatic rings. The van der Waals surface area contributed by atoms with Gasteiger partial charge in [0.05, 0.1) is 5.92 Å². The number of hydrogen-bond donors (Lipinski definition) is 2. The molecule has 2 aromatic heterocycles. The number of aromatic nitrogens is 3. The number of anilines is 2. The largest absolute Gasteiger partial charge is 0.481 e. The number of nitrogens with zero attached hydrogens (tertiary/aromatic N) is 4. The quantitative estimate of drug-likeness (QED) is 0.657. The highest BCUT2D eigenvalue weighted by atomic mass is 16.4. The van der Waals surface area contributed by atoms with Crippen molar-refractivity contribution in [2.75, 3.05) is 18.4 Å². The molecule has 0 unspecified atom stereocenters. The Labute approximate surface area is 181 Å². The highest BCUT2D eigenvalue weighted by Crippen LogP contribution is 2.24. The van der Waals surface area contributed by atoms with E-state index in [1.807, 2.05) is 50.4 Å². The summed E-state index contributed by atoms with van der Waals surface area (Å²) in [6, 6.07) is 5.57. The molecule has 3 heterocycles. The molecule has 0 bridgehead atoms. The fourth-order valence-corrected chi connectivity index (χ4v) is 3.75. The van der Waals surface area contributed by atoms with Gasteiger partial charge in [-0.15, -0.1) is 0 Å². The fourth-order valence-electron chi connectivity index (χ4n) is 3.75. The van der Waals surface area contributed by atoms with Gasteiger partial charge in [-0.2, -0.15) is 0 Å². The van der Waals surface area contributed by atoms with Crippen LogP contribution in [0.2, 0.25) is 0 Å². The number of carbonyl (C=O) groups excluding carboxylic acids is 1. The van der Waals surface area contributed by atoms with Crippen LogP contribution in [0.25, 0.3) is 5.65 Å². The van der Waals surface area contributed by atoms with Crippen molar-refractivity contribution >= 4 is 29.0 Å². The van der Waals surface area contributed by atoms with Crippen molar-refractivity contribution in [2.45, 2.75) is 40.5 Å². The molecule has 2 N–H and O–H groups in total. The molecule has 1 amide bonds. The first kappa shape index (κ1) is 22.3. The second-order valence-electron chi connectivity index (χ2n) is 7.43. The van der Waals surface area contributed by atoms with Crippen molar-refractivity contribution in [3.05, 3.63) is 53.6 Å². The molecule has 31 heavy (non-hydrogen) atoms. The Bertz CT molecular complexity index is 1080. The topological polar surface area (TPSA) is 99.8 Å². The number of piperidine rings is 1. The third-order valence-electron chi connectivity index (χ3n) is 5.46. The molecular formula is C23H29N5O3. The Morgan fingerprint density at radius 1 is 1.13 bits per heavy atom. The molecule has 8 heteroatoms. The van der Waals surface area contributed by atoms with Crippen LogP contribution in [-0.4, -0.2) is 49.3 Å². The minimum atomic E-state index is -0.778. The van der Waals surface area contributed by atoms with E-state index < -0.39 is 5.97 Å². The number of hydrogen-bond acceptors (Lipinski definition) is 5. The lowest BCUT2D eigenvalue weighted by Gasteiger charge is -2.30. The van der Waals surface area contributed by atoms with Crippen LogP contribution in [0, 0.1) is 19.8 Å². The van der Waals surface area contributed by atoms with Crippen LogP contribution in [0.3, 0.4) is 0 Å². The van der Waals surface area contributed by atoms with Gasteiger partial charge in [0.25, 0.3) is 5.91 Å². The van der Waals surface area contributed by atoms with Crippen molar-refractivity contribution in [3.8, 4) is 0 Å². The van der Waals surface area contributed by atoms with E-state index in [4.69, 9.17) is 5.11 Å². The van der Waals surface area contributed by atoms with Gasteiger partial charge in [-0.05, 0) is 50.5 Å². The highest BCUT2D eigenvalue weighted by molar-refractivity contribution is 5.96. The first-order valence-corrected chi connectivity index (χ1v) is 10.6. The van der Waals surface area contributed by atoms with Crippen LogP contribution < -0.4 is 5.32 Å². The maximum Gasteiger partial charge on any atom is 0.306 e. The lowest BCUT2D eigenvalue weighted by Crippen LogP contribution is -2.40. The molecule has 4 rings (SSSR count). The molecule has 0 aliphatic carbocycles. The Morgan fingerprint density at radius 3 is 2.48 bits per heavy atom. The molecule has 1 aliphatic heterocycles. The summed E-state index contributed by atoms with van der Waals surface area (Å²) < 4.78 is 1.96. The van der Waals surface area contributed by atoms with Gasteiger partial charge in [-0.1, -0.05) is 13.8 Å². The third kappa shape index (κ3) is 4.68. The molecular weight excluding hydrogens is 394 g/mol. The van der Waals surface area contributed by atoms with E-state index >= 15 is 0 Å². The minimum absolute atomic E-state index is 0.0537. The third-order valence-corrected chi connectivity index (χ3v) is 5.46. The Balaban J connectivity index is 0.00000132. The molecule has 0 radical (unpaired) electrons. The normalized spacial score (nSPS) is 14.1. The van der Waals surface area contributed by atoms with Crippen LogP contribution in [0.1, 0.15) is 48.3 Å². The van der Waals surface area contributed by atoms with Gasteiger partial charge in [0, 0.05) is 48.6 Å². The molecule has 1 fully saturated rings. The predicted molar refractivity (Wildman–Crippen MR) is 120 cm³/mol. The summed E-state index contributed by atoms with van der Waals surface area (Å²) in [5, 5.41) is 12.4. The monoisotopic (exact) mass is 423 g/mol. The zero-order valence-electron chi connectivity index (χ0n) is 18.4. The van der Waals surface area contributed by atoms with Crippen LogP contribution in [-0.2, 0) is 4.79 Å². The number of imidazole rings is 1. The van der Waals surface area contributed by atoms with Crippen molar-refractivity contribution in [2.24, 2.45) is 5.92 Å². The van der Waals surface area contributed by atoms with Gasteiger partial charge in [-0.3, -0.25) is 14.0 Å². The summed E-state index contributed by atoms with van der Waals surface area (Å²) in [6.45, 7) is 8.82. The predicted octanol–water partition coefficient (Wildman–Crippen LogP) is 4.05. The summed E-state index contributed by atoms with van der Waals surface area (Å²) in [7, 11) is 0. The number of aliphatic carboxylic acids is 1. The first-order valence-electron chi connectivity index (χ1n) is 10.6. The molecule has 164 valence electrons. The van der Waals surface area contributed by atoms with E-state index in [0.29, 0.717) is 37.3 Å². The first-order chi connectivity index (χ1) is 14.9. The molecule has 1 saturated heterocycles. The van der Waals surface area contributed by atoms with Gasteiger partial charge in [0.1, 0.15) is 0 Å². The molecule has 0 saturated carbocycles. The van der Waals surface area contributed by atoms with E-state index in [9.17, 15) is 9.59 Å². The number of amides is 1. The molecule has 3 aromatic rings. The number of carboxylic acid groups (broad SMARTS) is 1. The van der Waals surface area contributed by atoms with Crippen molar-refractivity contribution in [1.82, 2.24) is 19.3 Å². The van der Waals surface area contributed by atoms with Crippen LogP contribution in [0.4, 0.5) is 11.5 Å². The van der Waals surface area contributed by atoms with E-state index in [-0.39, 0.29) is 11.8 Å². The minimum Gasteiger partial charge on any atom is -0.481 e. The van der Waals surface area contributed by atoms with E-state index in [0.717, 1.165) is 22.6 Å². The number of benzene rings is 1. The summed E-state index contributed by atoms with van der Waals surface area (Å²) in [5.41, 5.74) is 4.07. The SMILES string of the molecule is CC.Cc1cc(Nc2nccn3c(C)cnc23)ccc1C(=O)N1CCC(C(=O)O)CC1. The number of rotatable bonds is 4. The van der Waals surface area contributed by atoms with Gasteiger partial charge in [0.2, 0.25) is 0 Å². The lowest BCUT2D eigenvalue weighted by molar-refractivity contribution is -0.143. The Morgan fingerprint density at radius 2 is 1.84 bits per heavy atom. The molecule has 0 spiro atoms. The lowest BCUT2D eigenvalue weighted by atomic mass is 9.96.